The summed E-state index contributed by atoms with van der Waals surface area (Å²) in [5, 5.41) is 11.8. The first-order chi connectivity index (χ1) is 11.2. The molecule has 1 atom stereocenters. The number of nitrogens with zero attached hydrogens (tertiary/aromatic N) is 6. The molecule has 1 fully saturated rings. The number of aryl methyl sites for hydroxylation is 1. The van der Waals surface area contributed by atoms with Crippen LogP contribution in [0.5, 0.6) is 5.75 Å². The number of hydrogen-bond acceptors (Lipinski definition) is 6. The molecule has 1 saturated heterocycles. The average molecular weight is 316 g/mol. The Kier molecular flexibility index (Phi) is 4.88. The van der Waals surface area contributed by atoms with E-state index < -0.39 is 0 Å². The summed E-state index contributed by atoms with van der Waals surface area (Å²) in [4.78, 5) is 4.90. The van der Waals surface area contributed by atoms with Crippen molar-refractivity contribution in [1.29, 1.82) is 0 Å². The van der Waals surface area contributed by atoms with Crippen LogP contribution in [-0.4, -0.2) is 63.3 Å². The lowest BCUT2D eigenvalue weighted by Gasteiger charge is -2.37. The number of methoxy groups -OCH3 is 1. The quantitative estimate of drug-likeness (QED) is 0.823. The van der Waals surface area contributed by atoms with E-state index in [1.165, 1.54) is 5.56 Å². The zero-order valence-corrected chi connectivity index (χ0v) is 14.0. The summed E-state index contributed by atoms with van der Waals surface area (Å²) in [7, 11) is 3.62. The Morgan fingerprint density at radius 1 is 1.17 bits per heavy atom. The molecular formula is C16H24N6O. The summed E-state index contributed by atoms with van der Waals surface area (Å²) in [6.07, 6.45) is 0. The van der Waals surface area contributed by atoms with Crippen LogP contribution in [0.25, 0.3) is 0 Å². The molecule has 1 aliphatic rings. The van der Waals surface area contributed by atoms with Crippen LogP contribution in [0.3, 0.4) is 0 Å². The van der Waals surface area contributed by atoms with E-state index in [4.69, 9.17) is 4.74 Å². The minimum absolute atomic E-state index is 0.239. The van der Waals surface area contributed by atoms with Crippen LogP contribution < -0.4 is 4.74 Å². The van der Waals surface area contributed by atoms with E-state index in [2.05, 4.69) is 44.4 Å². The fourth-order valence-electron chi connectivity index (χ4n) is 3.14. The third kappa shape index (κ3) is 3.51. The van der Waals surface area contributed by atoms with Gasteiger partial charge in [0.25, 0.3) is 0 Å². The van der Waals surface area contributed by atoms with Gasteiger partial charge in [-0.1, -0.05) is 18.2 Å². The molecule has 3 rings (SSSR count). The second-order valence-corrected chi connectivity index (χ2v) is 5.96. The Morgan fingerprint density at radius 3 is 2.57 bits per heavy atom. The number of rotatable bonds is 5. The molecule has 0 saturated carbocycles. The van der Waals surface area contributed by atoms with Gasteiger partial charge < -0.3 is 4.74 Å². The van der Waals surface area contributed by atoms with Gasteiger partial charge in [0.15, 0.2) is 5.82 Å². The Balaban J connectivity index is 1.57. The number of hydrogen-bond donors (Lipinski definition) is 0. The van der Waals surface area contributed by atoms with E-state index >= 15 is 0 Å². The van der Waals surface area contributed by atoms with Crippen molar-refractivity contribution in [2.24, 2.45) is 7.05 Å². The molecule has 1 aromatic carbocycles. The highest BCUT2D eigenvalue weighted by atomic mass is 16.5. The maximum atomic E-state index is 5.45. The lowest BCUT2D eigenvalue weighted by Crippen LogP contribution is -2.47. The largest absolute Gasteiger partial charge is 0.496 e. The topological polar surface area (TPSA) is 59.3 Å². The van der Waals surface area contributed by atoms with Gasteiger partial charge in [-0.2, -0.15) is 0 Å². The van der Waals surface area contributed by atoms with E-state index in [0.717, 1.165) is 44.3 Å². The smallest absolute Gasteiger partial charge is 0.167 e. The minimum Gasteiger partial charge on any atom is -0.496 e. The molecule has 0 N–H and O–H groups in total. The third-order valence-electron chi connectivity index (χ3n) is 4.57. The van der Waals surface area contributed by atoms with Crippen LogP contribution in [0.4, 0.5) is 0 Å². The molecule has 0 spiro atoms. The maximum absolute atomic E-state index is 5.45. The van der Waals surface area contributed by atoms with Gasteiger partial charge in [-0.05, 0) is 23.4 Å². The molecule has 0 amide bonds. The first-order valence-electron chi connectivity index (χ1n) is 7.99. The van der Waals surface area contributed by atoms with Gasteiger partial charge in [0.05, 0.1) is 13.2 Å². The van der Waals surface area contributed by atoms with Crippen LogP contribution in [0.15, 0.2) is 24.3 Å². The number of piperazine rings is 1. The number of para-hydroxylation sites is 1. The first kappa shape index (κ1) is 15.9. The first-order valence-corrected chi connectivity index (χ1v) is 7.99. The fraction of sp³-hybridized carbons (Fsp3) is 0.562. The van der Waals surface area contributed by atoms with Crippen LogP contribution in [0, 0.1) is 0 Å². The van der Waals surface area contributed by atoms with Crippen LogP contribution >= 0.6 is 0 Å². The second-order valence-electron chi connectivity index (χ2n) is 5.96. The van der Waals surface area contributed by atoms with Crippen molar-refractivity contribution in [2.45, 2.75) is 19.5 Å². The SMILES string of the molecule is COc1ccccc1CN1CCN(C(C)c2nnnn2C)CC1. The molecule has 124 valence electrons. The summed E-state index contributed by atoms with van der Waals surface area (Å²) in [5.41, 5.74) is 1.24. The van der Waals surface area contributed by atoms with Crippen molar-refractivity contribution in [3.05, 3.63) is 35.7 Å². The molecule has 0 aliphatic carbocycles. The molecule has 7 nitrogen and oxygen atoms in total. The van der Waals surface area contributed by atoms with Gasteiger partial charge >= 0.3 is 0 Å². The highest BCUT2D eigenvalue weighted by molar-refractivity contribution is 5.33. The predicted octanol–water partition coefficient (Wildman–Crippen LogP) is 1.10. The Morgan fingerprint density at radius 2 is 1.91 bits per heavy atom. The molecule has 1 aromatic heterocycles. The monoisotopic (exact) mass is 316 g/mol. The standard InChI is InChI=1S/C16H24N6O/c1-13(16-17-18-19-20(16)2)22-10-8-21(9-11-22)12-14-6-4-5-7-15(14)23-3/h4-7,13H,8-12H2,1-3H3. The van der Waals surface area contributed by atoms with Gasteiger partial charge in [-0.25, -0.2) is 4.68 Å². The zero-order valence-electron chi connectivity index (χ0n) is 14.0. The van der Waals surface area contributed by atoms with Crippen molar-refractivity contribution in [3.8, 4) is 5.75 Å². The van der Waals surface area contributed by atoms with Crippen molar-refractivity contribution in [2.75, 3.05) is 33.3 Å². The van der Waals surface area contributed by atoms with Crippen molar-refractivity contribution in [1.82, 2.24) is 30.0 Å². The molecule has 7 heteroatoms. The average Bonchev–Trinajstić information content (AvgIpc) is 3.01. The maximum Gasteiger partial charge on any atom is 0.167 e. The second kappa shape index (κ2) is 7.06. The Labute approximate surface area is 136 Å². The minimum atomic E-state index is 0.239. The normalized spacial score (nSPS) is 18.0. The number of tetrazole rings is 1. The lowest BCUT2D eigenvalue weighted by atomic mass is 10.1. The highest BCUT2D eigenvalue weighted by Crippen LogP contribution is 2.22. The van der Waals surface area contributed by atoms with E-state index in [9.17, 15) is 0 Å². The molecule has 1 aliphatic heterocycles. The fourth-order valence-corrected chi connectivity index (χ4v) is 3.14. The predicted molar refractivity (Wildman–Crippen MR) is 87.1 cm³/mol. The van der Waals surface area contributed by atoms with E-state index in [1.807, 2.05) is 19.2 Å². The van der Waals surface area contributed by atoms with Gasteiger partial charge in [0.1, 0.15) is 5.75 Å². The van der Waals surface area contributed by atoms with Gasteiger partial charge in [0, 0.05) is 45.3 Å². The Bertz CT molecular complexity index is 635. The molecule has 0 radical (unpaired) electrons. The molecule has 1 unspecified atom stereocenters. The summed E-state index contributed by atoms with van der Waals surface area (Å²) < 4.78 is 7.20. The van der Waals surface area contributed by atoms with Crippen molar-refractivity contribution < 1.29 is 4.74 Å². The molecule has 23 heavy (non-hydrogen) atoms. The summed E-state index contributed by atoms with van der Waals surface area (Å²) in [6.45, 7) is 7.20. The third-order valence-corrected chi connectivity index (χ3v) is 4.57. The number of aromatic nitrogens is 4. The number of ether oxygens (including phenoxy) is 1. The van der Waals surface area contributed by atoms with Gasteiger partial charge in [-0.15, -0.1) is 5.10 Å². The van der Waals surface area contributed by atoms with Crippen LogP contribution in [0.1, 0.15) is 24.4 Å². The molecule has 2 heterocycles. The Hall–Kier alpha value is -1.99. The van der Waals surface area contributed by atoms with Crippen LogP contribution in [0.2, 0.25) is 0 Å². The zero-order chi connectivity index (χ0) is 16.2. The van der Waals surface area contributed by atoms with Crippen molar-refractivity contribution in [3.63, 3.8) is 0 Å². The molecule has 2 aromatic rings. The van der Waals surface area contributed by atoms with Gasteiger partial charge in [-0.3, -0.25) is 9.80 Å². The summed E-state index contributed by atoms with van der Waals surface area (Å²) in [5.74, 6) is 1.89. The van der Waals surface area contributed by atoms with E-state index in [1.54, 1.807) is 11.8 Å². The summed E-state index contributed by atoms with van der Waals surface area (Å²) >= 11 is 0. The lowest BCUT2D eigenvalue weighted by molar-refractivity contribution is 0.0928. The number of benzene rings is 1. The van der Waals surface area contributed by atoms with Crippen molar-refractivity contribution >= 4 is 0 Å². The van der Waals surface area contributed by atoms with E-state index in [0.29, 0.717) is 0 Å². The highest BCUT2D eigenvalue weighted by Gasteiger charge is 2.25. The molecular weight excluding hydrogens is 292 g/mol. The van der Waals surface area contributed by atoms with Gasteiger partial charge in [0.2, 0.25) is 0 Å². The van der Waals surface area contributed by atoms with Crippen LogP contribution in [-0.2, 0) is 13.6 Å². The van der Waals surface area contributed by atoms with E-state index in [-0.39, 0.29) is 6.04 Å². The molecule has 0 bridgehead atoms. The summed E-state index contributed by atoms with van der Waals surface area (Å²) in [6, 6.07) is 8.48.